The Morgan fingerprint density at radius 2 is 1.37 bits per heavy atom. The number of halogens is 3. The minimum atomic E-state index is -4.64. The number of nitrogens with one attached hydrogen (secondary N) is 1. The molecule has 0 aliphatic carbocycles. The molecule has 136 valence electrons. The SMILES string of the molecule is O=C(c1ccccc1)c1cccc(NC(=O)c2ccccc2C(F)(F)F)c1. The van der Waals surface area contributed by atoms with Crippen LogP contribution in [0.3, 0.4) is 0 Å². The first kappa shape index (κ1) is 18.4. The molecule has 3 nitrogen and oxygen atoms in total. The van der Waals surface area contributed by atoms with Gasteiger partial charge in [-0.05, 0) is 24.3 Å². The first-order chi connectivity index (χ1) is 12.9. The standard InChI is InChI=1S/C21H14F3NO2/c22-21(23,24)18-12-5-4-11-17(18)20(27)25-16-10-6-9-15(13-16)19(26)14-7-2-1-3-8-14/h1-13H,(H,25,27). The van der Waals surface area contributed by atoms with Crippen molar-refractivity contribution < 1.29 is 22.8 Å². The second kappa shape index (κ2) is 7.45. The molecule has 0 unspecified atom stereocenters. The van der Waals surface area contributed by atoms with E-state index >= 15 is 0 Å². The van der Waals surface area contributed by atoms with E-state index in [1.165, 1.54) is 24.3 Å². The number of ketones is 1. The molecule has 1 N–H and O–H groups in total. The van der Waals surface area contributed by atoms with E-state index in [1.807, 2.05) is 0 Å². The summed E-state index contributed by atoms with van der Waals surface area (Å²) in [5.41, 5.74) is -0.464. The second-order valence-electron chi connectivity index (χ2n) is 5.77. The van der Waals surface area contributed by atoms with E-state index in [0.29, 0.717) is 11.1 Å². The Kier molecular flexibility index (Phi) is 5.07. The van der Waals surface area contributed by atoms with E-state index in [-0.39, 0.29) is 11.5 Å². The highest BCUT2D eigenvalue weighted by Gasteiger charge is 2.34. The molecule has 0 saturated heterocycles. The van der Waals surface area contributed by atoms with E-state index in [4.69, 9.17) is 0 Å². The van der Waals surface area contributed by atoms with Gasteiger partial charge in [-0.3, -0.25) is 9.59 Å². The zero-order valence-electron chi connectivity index (χ0n) is 14.0. The smallest absolute Gasteiger partial charge is 0.322 e. The zero-order valence-corrected chi connectivity index (χ0v) is 14.0. The van der Waals surface area contributed by atoms with Gasteiger partial charge in [0.15, 0.2) is 5.78 Å². The highest BCUT2D eigenvalue weighted by atomic mass is 19.4. The van der Waals surface area contributed by atoms with Crippen molar-refractivity contribution in [3.05, 3.63) is 101 Å². The van der Waals surface area contributed by atoms with Crippen molar-refractivity contribution in [3.63, 3.8) is 0 Å². The number of carbonyl (C=O) groups is 2. The summed E-state index contributed by atoms with van der Waals surface area (Å²) in [4.78, 5) is 24.8. The van der Waals surface area contributed by atoms with Crippen molar-refractivity contribution >= 4 is 17.4 Å². The summed E-state index contributed by atoms with van der Waals surface area (Å²) in [6, 6.07) is 19.2. The van der Waals surface area contributed by atoms with Gasteiger partial charge in [-0.1, -0.05) is 54.6 Å². The van der Waals surface area contributed by atoms with Crippen molar-refractivity contribution in [1.29, 1.82) is 0 Å². The molecule has 6 heteroatoms. The molecule has 0 fully saturated rings. The molecule has 0 atom stereocenters. The quantitative estimate of drug-likeness (QED) is 0.644. The fourth-order valence-corrected chi connectivity index (χ4v) is 2.62. The van der Waals surface area contributed by atoms with Crippen LogP contribution in [0.4, 0.5) is 18.9 Å². The molecule has 3 aromatic carbocycles. The minimum absolute atomic E-state index is 0.235. The Morgan fingerprint density at radius 1 is 0.741 bits per heavy atom. The summed E-state index contributed by atoms with van der Waals surface area (Å²) in [6.07, 6.45) is -4.64. The second-order valence-corrected chi connectivity index (χ2v) is 5.77. The monoisotopic (exact) mass is 369 g/mol. The van der Waals surface area contributed by atoms with Crippen LogP contribution < -0.4 is 5.32 Å². The average molecular weight is 369 g/mol. The van der Waals surface area contributed by atoms with Crippen LogP contribution in [0.5, 0.6) is 0 Å². The summed E-state index contributed by atoms with van der Waals surface area (Å²) in [6.45, 7) is 0. The number of anilines is 1. The van der Waals surface area contributed by atoms with Crippen LogP contribution in [0.2, 0.25) is 0 Å². The Balaban J connectivity index is 1.86. The maximum Gasteiger partial charge on any atom is 0.417 e. The van der Waals surface area contributed by atoms with Gasteiger partial charge in [0, 0.05) is 16.8 Å². The third-order valence-electron chi connectivity index (χ3n) is 3.90. The van der Waals surface area contributed by atoms with Crippen LogP contribution >= 0.6 is 0 Å². The average Bonchev–Trinajstić information content (AvgIpc) is 2.67. The Hall–Kier alpha value is -3.41. The summed E-state index contributed by atoms with van der Waals surface area (Å²) >= 11 is 0. The summed E-state index contributed by atoms with van der Waals surface area (Å²) in [5.74, 6) is -1.14. The third kappa shape index (κ3) is 4.23. The van der Waals surface area contributed by atoms with Gasteiger partial charge in [-0.15, -0.1) is 0 Å². The Bertz CT molecular complexity index is 982. The molecule has 0 aliphatic rings. The molecule has 0 saturated carbocycles. The van der Waals surface area contributed by atoms with Crippen LogP contribution in [-0.4, -0.2) is 11.7 Å². The zero-order chi connectivity index (χ0) is 19.4. The number of rotatable bonds is 4. The molecule has 27 heavy (non-hydrogen) atoms. The lowest BCUT2D eigenvalue weighted by atomic mass is 10.0. The molecule has 0 heterocycles. The van der Waals surface area contributed by atoms with Crippen molar-refractivity contribution in [2.45, 2.75) is 6.18 Å². The predicted octanol–water partition coefficient (Wildman–Crippen LogP) is 5.19. The molecular weight excluding hydrogens is 355 g/mol. The fourth-order valence-electron chi connectivity index (χ4n) is 2.62. The number of carbonyl (C=O) groups excluding carboxylic acids is 2. The van der Waals surface area contributed by atoms with E-state index in [0.717, 1.165) is 12.1 Å². The van der Waals surface area contributed by atoms with Crippen LogP contribution in [0, 0.1) is 0 Å². The third-order valence-corrected chi connectivity index (χ3v) is 3.90. The van der Waals surface area contributed by atoms with Gasteiger partial charge in [-0.2, -0.15) is 13.2 Å². The van der Waals surface area contributed by atoms with Gasteiger partial charge in [0.25, 0.3) is 5.91 Å². The molecule has 0 aliphatic heterocycles. The Morgan fingerprint density at radius 3 is 2.07 bits per heavy atom. The summed E-state index contributed by atoms with van der Waals surface area (Å²) in [5, 5.41) is 2.43. The van der Waals surface area contributed by atoms with Gasteiger partial charge >= 0.3 is 6.18 Å². The first-order valence-corrected chi connectivity index (χ1v) is 8.03. The van der Waals surface area contributed by atoms with Gasteiger partial charge in [-0.25, -0.2) is 0 Å². The van der Waals surface area contributed by atoms with E-state index in [1.54, 1.807) is 42.5 Å². The highest BCUT2D eigenvalue weighted by Crippen LogP contribution is 2.32. The predicted molar refractivity (Wildman–Crippen MR) is 95.7 cm³/mol. The maximum absolute atomic E-state index is 13.1. The summed E-state index contributed by atoms with van der Waals surface area (Å²) < 4.78 is 39.2. The number of benzene rings is 3. The van der Waals surface area contributed by atoms with Crippen molar-refractivity contribution in [3.8, 4) is 0 Å². The summed E-state index contributed by atoms with van der Waals surface area (Å²) in [7, 11) is 0. The number of amides is 1. The molecule has 3 rings (SSSR count). The molecule has 0 spiro atoms. The van der Waals surface area contributed by atoms with Gasteiger partial charge in [0.05, 0.1) is 11.1 Å². The molecule has 0 bridgehead atoms. The minimum Gasteiger partial charge on any atom is -0.322 e. The molecular formula is C21H14F3NO2. The highest BCUT2D eigenvalue weighted by molar-refractivity contribution is 6.10. The van der Waals surface area contributed by atoms with Crippen LogP contribution in [-0.2, 0) is 6.18 Å². The van der Waals surface area contributed by atoms with E-state index < -0.39 is 23.2 Å². The number of hydrogen-bond acceptors (Lipinski definition) is 2. The number of alkyl halides is 3. The molecule has 0 radical (unpaired) electrons. The van der Waals surface area contributed by atoms with Crippen molar-refractivity contribution in [1.82, 2.24) is 0 Å². The Labute approximate surface area is 153 Å². The molecule has 3 aromatic rings. The molecule has 1 amide bonds. The van der Waals surface area contributed by atoms with Crippen LogP contribution in [0.1, 0.15) is 31.8 Å². The lowest BCUT2D eigenvalue weighted by Gasteiger charge is -2.13. The largest absolute Gasteiger partial charge is 0.417 e. The van der Waals surface area contributed by atoms with Crippen LogP contribution in [0.25, 0.3) is 0 Å². The lowest BCUT2D eigenvalue weighted by molar-refractivity contribution is -0.137. The normalized spacial score (nSPS) is 11.1. The topological polar surface area (TPSA) is 46.2 Å². The van der Waals surface area contributed by atoms with Gasteiger partial charge in [0.1, 0.15) is 0 Å². The van der Waals surface area contributed by atoms with E-state index in [2.05, 4.69) is 5.32 Å². The van der Waals surface area contributed by atoms with Gasteiger partial charge in [0.2, 0.25) is 0 Å². The maximum atomic E-state index is 13.1. The van der Waals surface area contributed by atoms with Crippen molar-refractivity contribution in [2.24, 2.45) is 0 Å². The fraction of sp³-hybridized carbons (Fsp3) is 0.0476. The van der Waals surface area contributed by atoms with Crippen LogP contribution in [0.15, 0.2) is 78.9 Å². The van der Waals surface area contributed by atoms with Crippen molar-refractivity contribution in [2.75, 3.05) is 5.32 Å². The molecule has 0 aromatic heterocycles. The lowest BCUT2D eigenvalue weighted by Crippen LogP contribution is -2.18. The van der Waals surface area contributed by atoms with Gasteiger partial charge < -0.3 is 5.32 Å². The van der Waals surface area contributed by atoms with E-state index in [9.17, 15) is 22.8 Å². The number of hydrogen-bond donors (Lipinski definition) is 1. The first-order valence-electron chi connectivity index (χ1n) is 8.03.